The average molecular weight is 340 g/mol. The molecular weight excluding hydrogens is 320 g/mol. The highest BCUT2D eigenvalue weighted by Gasteiger charge is 2.30. The summed E-state index contributed by atoms with van der Waals surface area (Å²) in [5, 5.41) is 0. The Kier molecular flexibility index (Phi) is 4.40. The Morgan fingerprint density at radius 2 is 1.95 bits per heavy atom. The maximum absolute atomic E-state index is 12.7. The molecule has 0 aromatic carbocycles. The fraction of sp³-hybridized carbons (Fsp3) is 0.467. The van der Waals surface area contributed by atoms with Gasteiger partial charge in [-0.2, -0.15) is 4.31 Å². The molecule has 3 heterocycles. The first-order valence-corrected chi connectivity index (χ1v) is 9.54. The minimum absolute atomic E-state index is 0.460. The van der Waals surface area contributed by atoms with Crippen LogP contribution in [0, 0.1) is 13.8 Å². The van der Waals surface area contributed by atoms with Crippen LogP contribution in [0.5, 0.6) is 0 Å². The van der Waals surface area contributed by atoms with E-state index >= 15 is 0 Å². The largest absolute Gasteiger partial charge is 0.468 e. The number of thiophene rings is 1. The second-order valence-corrected chi connectivity index (χ2v) is 8.99. The maximum atomic E-state index is 12.7. The lowest BCUT2D eigenvalue weighted by Crippen LogP contribution is -2.47. The highest BCUT2D eigenvalue weighted by Crippen LogP contribution is 2.28. The van der Waals surface area contributed by atoms with Gasteiger partial charge in [0, 0.05) is 31.1 Å². The van der Waals surface area contributed by atoms with Crippen LogP contribution >= 0.6 is 11.3 Å². The van der Waals surface area contributed by atoms with Crippen molar-refractivity contribution in [3.05, 3.63) is 40.7 Å². The molecule has 3 rings (SSSR count). The quantitative estimate of drug-likeness (QED) is 0.858. The monoisotopic (exact) mass is 340 g/mol. The van der Waals surface area contributed by atoms with E-state index in [1.54, 1.807) is 16.6 Å². The van der Waals surface area contributed by atoms with Crippen molar-refractivity contribution in [2.45, 2.75) is 24.6 Å². The van der Waals surface area contributed by atoms with Crippen LogP contribution in [0.15, 0.2) is 33.1 Å². The molecule has 1 fully saturated rings. The molecule has 7 heteroatoms. The van der Waals surface area contributed by atoms with Crippen molar-refractivity contribution in [1.29, 1.82) is 0 Å². The van der Waals surface area contributed by atoms with Gasteiger partial charge in [-0.15, -0.1) is 11.3 Å². The van der Waals surface area contributed by atoms with Crippen molar-refractivity contribution in [3.8, 4) is 0 Å². The van der Waals surface area contributed by atoms with Gasteiger partial charge >= 0.3 is 0 Å². The van der Waals surface area contributed by atoms with E-state index in [0.29, 0.717) is 17.3 Å². The summed E-state index contributed by atoms with van der Waals surface area (Å²) in [5.41, 5.74) is 1.04. The van der Waals surface area contributed by atoms with Crippen LogP contribution in [0.25, 0.3) is 0 Å². The number of hydrogen-bond donors (Lipinski definition) is 0. The Morgan fingerprint density at radius 3 is 2.50 bits per heavy atom. The van der Waals surface area contributed by atoms with E-state index in [1.165, 1.54) is 11.3 Å². The Hall–Kier alpha value is -1.15. The molecule has 1 saturated heterocycles. The van der Waals surface area contributed by atoms with Crippen LogP contribution in [0.2, 0.25) is 0 Å². The summed E-state index contributed by atoms with van der Waals surface area (Å²) in [4.78, 5) is 3.28. The van der Waals surface area contributed by atoms with Crippen LogP contribution in [0.3, 0.4) is 0 Å². The number of nitrogens with zero attached hydrogens (tertiary/aromatic N) is 2. The van der Waals surface area contributed by atoms with Crippen molar-refractivity contribution < 1.29 is 12.8 Å². The van der Waals surface area contributed by atoms with E-state index in [1.807, 2.05) is 26.0 Å². The van der Waals surface area contributed by atoms with Crippen LogP contribution in [0.1, 0.15) is 16.2 Å². The Bertz CT molecular complexity index is 707. The molecule has 0 saturated carbocycles. The lowest BCUT2D eigenvalue weighted by atomic mass is 10.3. The van der Waals surface area contributed by atoms with Gasteiger partial charge in [0.15, 0.2) is 0 Å². The van der Waals surface area contributed by atoms with Gasteiger partial charge in [0.2, 0.25) is 0 Å². The maximum Gasteiger partial charge on any atom is 0.252 e. The minimum atomic E-state index is -3.35. The number of rotatable bonds is 4. The molecule has 0 bridgehead atoms. The molecule has 2 aromatic heterocycles. The minimum Gasteiger partial charge on any atom is -0.468 e. The van der Waals surface area contributed by atoms with E-state index in [9.17, 15) is 8.42 Å². The zero-order chi connectivity index (χ0) is 15.7. The standard InChI is InChI=1S/C15H20N2O3S2/c1-12-10-15(21-13(12)2)22(18,19)17-7-5-16(6-8-17)11-14-4-3-9-20-14/h3-4,9-10H,5-8,11H2,1-2H3. The van der Waals surface area contributed by atoms with Gasteiger partial charge in [0.05, 0.1) is 12.8 Å². The third kappa shape index (κ3) is 3.12. The predicted molar refractivity (Wildman–Crippen MR) is 86.5 cm³/mol. The molecule has 1 aliphatic rings. The van der Waals surface area contributed by atoms with Crippen molar-refractivity contribution in [2.24, 2.45) is 0 Å². The summed E-state index contributed by atoms with van der Waals surface area (Å²) < 4.78 is 32.7. The third-order valence-corrected chi connectivity index (χ3v) is 7.53. The van der Waals surface area contributed by atoms with Gasteiger partial charge in [-0.25, -0.2) is 8.42 Å². The predicted octanol–water partition coefficient (Wildman–Crippen LogP) is 2.46. The fourth-order valence-corrected chi connectivity index (χ4v) is 5.64. The van der Waals surface area contributed by atoms with E-state index in [0.717, 1.165) is 35.8 Å². The molecule has 22 heavy (non-hydrogen) atoms. The van der Waals surface area contributed by atoms with Gasteiger partial charge in [-0.3, -0.25) is 4.90 Å². The first-order valence-electron chi connectivity index (χ1n) is 7.29. The molecule has 0 N–H and O–H groups in total. The molecule has 0 unspecified atom stereocenters. The van der Waals surface area contributed by atoms with Gasteiger partial charge in [0.25, 0.3) is 10.0 Å². The van der Waals surface area contributed by atoms with Crippen LogP contribution in [0.4, 0.5) is 0 Å². The summed E-state index contributed by atoms with van der Waals surface area (Å²) in [5.74, 6) is 0.917. The SMILES string of the molecule is Cc1cc(S(=O)(=O)N2CCN(Cc3ccco3)CC2)sc1C. The number of furan rings is 1. The summed E-state index contributed by atoms with van der Waals surface area (Å²) in [6, 6.07) is 5.60. The molecule has 0 spiro atoms. The van der Waals surface area contributed by atoms with Crippen molar-refractivity contribution in [2.75, 3.05) is 26.2 Å². The van der Waals surface area contributed by atoms with E-state index in [4.69, 9.17) is 4.42 Å². The molecule has 0 amide bonds. The summed E-state index contributed by atoms with van der Waals surface area (Å²) in [7, 11) is -3.35. The normalized spacial score (nSPS) is 17.9. The van der Waals surface area contributed by atoms with E-state index in [2.05, 4.69) is 4.90 Å². The molecular formula is C15H20N2O3S2. The topological polar surface area (TPSA) is 53.8 Å². The van der Waals surface area contributed by atoms with Crippen LogP contribution in [-0.2, 0) is 16.6 Å². The van der Waals surface area contributed by atoms with Crippen LogP contribution in [-0.4, -0.2) is 43.8 Å². The highest BCUT2D eigenvalue weighted by molar-refractivity contribution is 7.91. The zero-order valence-corrected chi connectivity index (χ0v) is 14.4. The molecule has 0 aliphatic carbocycles. The van der Waals surface area contributed by atoms with Gasteiger partial charge in [0.1, 0.15) is 9.97 Å². The first kappa shape index (κ1) is 15.7. The molecule has 2 aromatic rings. The van der Waals surface area contributed by atoms with Crippen molar-refractivity contribution in [1.82, 2.24) is 9.21 Å². The second kappa shape index (κ2) is 6.16. The molecule has 120 valence electrons. The summed E-state index contributed by atoms with van der Waals surface area (Å²) in [6.07, 6.45) is 1.66. The summed E-state index contributed by atoms with van der Waals surface area (Å²) in [6.45, 7) is 7.15. The zero-order valence-electron chi connectivity index (χ0n) is 12.8. The smallest absolute Gasteiger partial charge is 0.252 e. The Labute approximate surface area is 135 Å². The lowest BCUT2D eigenvalue weighted by Gasteiger charge is -2.33. The van der Waals surface area contributed by atoms with Crippen molar-refractivity contribution >= 4 is 21.4 Å². The molecule has 0 atom stereocenters. The number of sulfonamides is 1. The summed E-state index contributed by atoms with van der Waals surface area (Å²) >= 11 is 1.36. The molecule has 1 aliphatic heterocycles. The average Bonchev–Trinajstić information content (AvgIpc) is 3.11. The Morgan fingerprint density at radius 1 is 1.23 bits per heavy atom. The molecule has 0 radical (unpaired) electrons. The third-order valence-electron chi connectivity index (χ3n) is 4.03. The number of hydrogen-bond acceptors (Lipinski definition) is 5. The van der Waals surface area contributed by atoms with Crippen molar-refractivity contribution in [3.63, 3.8) is 0 Å². The lowest BCUT2D eigenvalue weighted by molar-refractivity contribution is 0.171. The highest BCUT2D eigenvalue weighted by atomic mass is 32.2. The molecule has 5 nitrogen and oxygen atoms in total. The van der Waals surface area contributed by atoms with Gasteiger partial charge in [-0.1, -0.05) is 0 Å². The van der Waals surface area contributed by atoms with Gasteiger partial charge in [-0.05, 0) is 37.6 Å². The number of piperazine rings is 1. The fourth-order valence-electron chi connectivity index (χ4n) is 2.54. The number of aryl methyl sites for hydroxylation is 2. The first-order chi connectivity index (χ1) is 10.5. The van der Waals surface area contributed by atoms with Crippen LogP contribution < -0.4 is 0 Å². The van der Waals surface area contributed by atoms with E-state index in [-0.39, 0.29) is 0 Å². The van der Waals surface area contributed by atoms with Gasteiger partial charge < -0.3 is 4.42 Å². The van der Waals surface area contributed by atoms with E-state index < -0.39 is 10.0 Å². The second-order valence-electron chi connectivity index (χ2n) is 5.56. The Balaban J connectivity index is 1.65.